The van der Waals surface area contributed by atoms with E-state index in [2.05, 4.69) is 21.2 Å². The molecule has 0 aliphatic rings. The van der Waals surface area contributed by atoms with E-state index in [1.54, 1.807) is 42.5 Å². The van der Waals surface area contributed by atoms with Crippen LogP contribution in [0.1, 0.15) is 10.4 Å². The summed E-state index contributed by atoms with van der Waals surface area (Å²) in [5.74, 6) is -0.0307. The molecule has 1 amide bonds. The van der Waals surface area contributed by atoms with Crippen LogP contribution in [0.15, 0.2) is 53.0 Å². The van der Waals surface area contributed by atoms with Gasteiger partial charge >= 0.3 is 0 Å². The molecule has 1 N–H and O–H groups in total. The van der Waals surface area contributed by atoms with E-state index in [1.165, 1.54) is 6.07 Å². The lowest BCUT2D eigenvalue weighted by atomic mass is 10.2. The van der Waals surface area contributed by atoms with E-state index in [0.717, 1.165) is 4.47 Å². The van der Waals surface area contributed by atoms with Gasteiger partial charge in [-0.1, -0.05) is 68.4 Å². The minimum atomic E-state index is -1.86. The number of nitrogens with one attached hydrogen (secondary N) is 1. The zero-order valence-electron chi connectivity index (χ0n) is 11.4. The lowest BCUT2D eigenvalue weighted by Crippen LogP contribution is -2.47. The average molecular weight is 458 g/mol. The van der Waals surface area contributed by atoms with Crippen LogP contribution in [-0.4, -0.2) is 15.9 Å². The summed E-state index contributed by atoms with van der Waals surface area (Å²) >= 11 is 26.9. The number of amides is 1. The van der Waals surface area contributed by atoms with Crippen molar-refractivity contribution in [1.82, 2.24) is 5.32 Å². The van der Waals surface area contributed by atoms with Crippen LogP contribution in [0.5, 0.6) is 5.75 Å². The van der Waals surface area contributed by atoms with Gasteiger partial charge in [0.2, 0.25) is 10.0 Å². The van der Waals surface area contributed by atoms with Gasteiger partial charge in [0.15, 0.2) is 0 Å². The highest BCUT2D eigenvalue weighted by Gasteiger charge is 2.36. The Morgan fingerprint density at radius 2 is 1.78 bits per heavy atom. The summed E-state index contributed by atoms with van der Waals surface area (Å²) in [6.45, 7) is 0. The molecule has 3 nitrogen and oxygen atoms in total. The molecule has 0 bridgehead atoms. The van der Waals surface area contributed by atoms with Gasteiger partial charge < -0.3 is 10.1 Å². The van der Waals surface area contributed by atoms with Gasteiger partial charge in [-0.2, -0.15) is 0 Å². The molecule has 0 spiro atoms. The summed E-state index contributed by atoms with van der Waals surface area (Å²) in [5.41, 5.74) is 0.330. The number of benzene rings is 2. The molecule has 0 saturated heterocycles. The second kappa shape index (κ2) is 7.95. The highest BCUT2D eigenvalue weighted by Crippen LogP contribution is 2.32. The van der Waals surface area contributed by atoms with Gasteiger partial charge in [0, 0.05) is 15.1 Å². The first-order valence-corrected chi connectivity index (χ1v) is 8.61. The van der Waals surface area contributed by atoms with Crippen molar-refractivity contribution in [2.24, 2.45) is 0 Å². The fraction of sp³-hybridized carbons (Fsp3) is 0.133. The number of ether oxygens (including phenoxy) is 1. The maximum Gasteiger partial charge on any atom is 0.254 e. The van der Waals surface area contributed by atoms with E-state index >= 15 is 0 Å². The SMILES string of the molecule is O=C(N[C@@H](Oc1ccc(Br)cc1)C(Cl)(Cl)Cl)c1cccc(Cl)c1. The molecule has 0 aromatic heterocycles. The average Bonchev–Trinajstić information content (AvgIpc) is 2.47. The Bertz CT molecular complexity index is 689. The molecule has 23 heavy (non-hydrogen) atoms. The van der Waals surface area contributed by atoms with Crippen LogP contribution in [0, 0.1) is 0 Å². The minimum absolute atomic E-state index is 0.330. The number of halogens is 5. The summed E-state index contributed by atoms with van der Waals surface area (Å²) in [5, 5.41) is 2.96. The Hall–Kier alpha value is -0.650. The number of hydrogen-bond donors (Lipinski definition) is 1. The molecule has 0 saturated carbocycles. The fourth-order valence-electron chi connectivity index (χ4n) is 1.66. The van der Waals surface area contributed by atoms with E-state index in [4.69, 9.17) is 51.1 Å². The first-order valence-electron chi connectivity index (χ1n) is 6.31. The van der Waals surface area contributed by atoms with Gasteiger partial charge in [0.25, 0.3) is 5.91 Å². The third-order valence-corrected chi connectivity index (χ3v) is 4.07. The zero-order chi connectivity index (χ0) is 17.0. The van der Waals surface area contributed by atoms with Gasteiger partial charge in [-0.05, 0) is 42.5 Å². The van der Waals surface area contributed by atoms with Crippen molar-refractivity contribution in [3.05, 3.63) is 63.6 Å². The normalized spacial score (nSPS) is 12.6. The second-order valence-corrected chi connectivity index (χ2v) is 8.20. The molecule has 0 heterocycles. The first-order chi connectivity index (χ1) is 10.8. The highest BCUT2D eigenvalue weighted by molar-refractivity contribution is 9.10. The molecule has 1 atom stereocenters. The Morgan fingerprint density at radius 3 is 2.35 bits per heavy atom. The van der Waals surface area contributed by atoms with Crippen LogP contribution in [-0.2, 0) is 0 Å². The Labute approximate surface area is 161 Å². The maximum atomic E-state index is 12.3. The fourth-order valence-corrected chi connectivity index (χ4v) is 2.41. The van der Waals surface area contributed by atoms with Crippen LogP contribution in [0.4, 0.5) is 0 Å². The third-order valence-electron chi connectivity index (χ3n) is 2.71. The second-order valence-electron chi connectivity index (χ2n) is 4.48. The minimum Gasteiger partial charge on any atom is -0.466 e. The summed E-state index contributed by atoms with van der Waals surface area (Å²) in [4.78, 5) is 12.3. The zero-order valence-corrected chi connectivity index (χ0v) is 16.0. The van der Waals surface area contributed by atoms with Gasteiger partial charge in [0.05, 0.1) is 0 Å². The summed E-state index contributed by atoms with van der Waals surface area (Å²) in [6.07, 6.45) is -1.18. The van der Waals surface area contributed by atoms with E-state index in [-0.39, 0.29) is 0 Å². The molecular formula is C15H10BrCl4NO2. The number of carbonyl (C=O) groups excluding carboxylic acids is 1. The molecule has 0 radical (unpaired) electrons. The molecule has 2 rings (SSSR count). The lowest BCUT2D eigenvalue weighted by Gasteiger charge is -2.26. The van der Waals surface area contributed by atoms with Crippen LogP contribution in [0.2, 0.25) is 5.02 Å². The lowest BCUT2D eigenvalue weighted by molar-refractivity contribution is 0.0833. The van der Waals surface area contributed by atoms with Gasteiger partial charge in [0.1, 0.15) is 5.75 Å². The molecular weight excluding hydrogens is 448 g/mol. The van der Waals surface area contributed by atoms with Crippen molar-refractivity contribution in [1.29, 1.82) is 0 Å². The quantitative estimate of drug-likeness (QED) is 0.479. The summed E-state index contributed by atoms with van der Waals surface area (Å²) < 4.78 is 4.59. The van der Waals surface area contributed by atoms with Crippen molar-refractivity contribution < 1.29 is 9.53 Å². The van der Waals surface area contributed by atoms with E-state index in [1.807, 2.05) is 0 Å². The molecule has 2 aromatic rings. The van der Waals surface area contributed by atoms with Crippen LogP contribution in [0.25, 0.3) is 0 Å². The smallest absolute Gasteiger partial charge is 0.254 e. The molecule has 0 fully saturated rings. The van der Waals surface area contributed by atoms with Gasteiger partial charge in [-0.25, -0.2) is 0 Å². The van der Waals surface area contributed by atoms with E-state index in [0.29, 0.717) is 16.3 Å². The van der Waals surface area contributed by atoms with Crippen molar-refractivity contribution in [3.63, 3.8) is 0 Å². The van der Waals surface area contributed by atoms with Crippen molar-refractivity contribution in [2.45, 2.75) is 10.0 Å². The topological polar surface area (TPSA) is 38.3 Å². The predicted molar refractivity (Wildman–Crippen MR) is 97.8 cm³/mol. The molecule has 0 unspecified atom stereocenters. The van der Waals surface area contributed by atoms with Crippen LogP contribution in [0.3, 0.4) is 0 Å². The van der Waals surface area contributed by atoms with Gasteiger partial charge in [-0.15, -0.1) is 0 Å². The van der Waals surface area contributed by atoms with Crippen molar-refractivity contribution >= 4 is 68.2 Å². The molecule has 8 heteroatoms. The van der Waals surface area contributed by atoms with Crippen LogP contribution >= 0.6 is 62.3 Å². The van der Waals surface area contributed by atoms with E-state index in [9.17, 15) is 4.79 Å². The van der Waals surface area contributed by atoms with Crippen molar-refractivity contribution in [3.8, 4) is 5.75 Å². The highest BCUT2D eigenvalue weighted by atomic mass is 79.9. The molecule has 122 valence electrons. The third kappa shape index (κ3) is 5.73. The first kappa shape index (κ1) is 18.7. The maximum absolute atomic E-state index is 12.3. The Balaban J connectivity index is 2.16. The Kier molecular flexibility index (Phi) is 6.46. The summed E-state index contributed by atoms with van der Waals surface area (Å²) in [6, 6.07) is 13.3. The van der Waals surface area contributed by atoms with Crippen molar-refractivity contribution in [2.75, 3.05) is 0 Å². The largest absolute Gasteiger partial charge is 0.466 e. The van der Waals surface area contributed by atoms with Crippen LogP contribution < -0.4 is 10.1 Å². The monoisotopic (exact) mass is 455 g/mol. The number of rotatable bonds is 4. The molecule has 0 aliphatic carbocycles. The summed E-state index contributed by atoms with van der Waals surface area (Å²) in [7, 11) is 0. The van der Waals surface area contributed by atoms with E-state index < -0.39 is 15.9 Å². The number of hydrogen-bond acceptors (Lipinski definition) is 2. The number of alkyl halides is 3. The number of carbonyl (C=O) groups is 1. The van der Waals surface area contributed by atoms with Gasteiger partial charge in [-0.3, -0.25) is 4.79 Å². The predicted octanol–water partition coefficient (Wildman–Crippen LogP) is 5.61. The molecule has 2 aromatic carbocycles. The standard InChI is InChI=1S/C15H10BrCl4NO2/c16-10-4-6-12(7-5-10)23-14(15(18,19)20)21-13(22)9-2-1-3-11(17)8-9/h1-8,14H,(H,21,22)/t14-/m0/s1. The Morgan fingerprint density at radius 1 is 1.13 bits per heavy atom. The molecule has 0 aliphatic heterocycles.